The lowest BCUT2D eigenvalue weighted by Gasteiger charge is -2.25. The Labute approximate surface area is 115 Å². The van der Waals surface area contributed by atoms with E-state index >= 15 is 0 Å². The van der Waals surface area contributed by atoms with Crippen molar-refractivity contribution in [3.05, 3.63) is 0 Å². The van der Waals surface area contributed by atoms with Crippen molar-refractivity contribution in [1.82, 2.24) is 9.62 Å². The SMILES string of the molecule is O=C(CN1CCCS1(=O)=O)NC1(C(=O)O)CCSC1. The molecule has 1 unspecified atom stereocenters. The Balaban J connectivity index is 1.99. The van der Waals surface area contributed by atoms with E-state index in [4.69, 9.17) is 0 Å². The number of hydrogen-bond donors (Lipinski definition) is 2. The minimum atomic E-state index is -3.34. The van der Waals surface area contributed by atoms with Crippen LogP contribution in [0.3, 0.4) is 0 Å². The first kappa shape index (κ1) is 14.6. The summed E-state index contributed by atoms with van der Waals surface area (Å²) in [5, 5.41) is 11.7. The molecule has 2 rings (SSSR count). The van der Waals surface area contributed by atoms with E-state index in [0.29, 0.717) is 30.9 Å². The van der Waals surface area contributed by atoms with E-state index < -0.39 is 27.4 Å². The smallest absolute Gasteiger partial charge is 0.330 e. The van der Waals surface area contributed by atoms with Gasteiger partial charge in [-0.15, -0.1) is 0 Å². The van der Waals surface area contributed by atoms with Crippen LogP contribution in [-0.4, -0.2) is 65.6 Å². The van der Waals surface area contributed by atoms with Crippen molar-refractivity contribution in [3.8, 4) is 0 Å². The number of carbonyl (C=O) groups excluding carboxylic acids is 1. The second kappa shape index (κ2) is 5.29. The third-order valence-corrected chi connectivity index (χ3v) is 6.43. The summed E-state index contributed by atoms with van der Waals surface area (Å²) in [7, 11) is -3.34. The molecule has 9 heteroatoms. The van der Waals surface area contributed by atoms with E-state index in [1.807, 2.05) is 0 Å². The summed E-state index contributed by atoms with van der Waals surface area (Å²) in [6.07, 6.45) is 0.876. The molecule has 0 aromatic carbocycles. The zero-order chi connectivity index (χ0) is 14.1. The molecule has 2 heterocycles. The molecule has 1 amide bonds. The average Bonchev–Trinajstić information content (AvgIpc) is 2.88. The van der Waals surface area contributed by atoms with E-state index in [0.717, 1.165) is 4.31 Å². The van der Waals surface area contributed by atoms with E-state index in [1.54, 1.807) is 0 Å². The van der Waals surface area contributed by atoms with Crippen molar-refractivity contribution >= 4 is 33.7 Å². The Hall–Kier alpha value is -0.800. The standard InChI is InChI=1S/C10H16N2O5S2/c13-8(6-12-3-1-5-19(12,16)17)11-10(9(14)15)2-4-18-7-10/h1-7H2,(H,11,13)(H,14,15). The Kier molecular flexibility index (Phi) is 4.07. The van der Waals surface area contributed by atoms with E-state index in [-0.39, 0.29) is 12.3 Å². The lowest BCUT2D eigenvalue weighted by Crippen LogP contribution is -2.56. The predicted octanol–water partition coefficient (Wildman–Crippen LogP) is -0.902. The maximum atomic E-state index is 11.9. The van der Waals surface area contributed by atoms with Gasteiger partial charge in [0.05, 0.1) is 12.3 Å². The van der Waals surface area contributed by atoms with Crippen LogP contribution in [0, 0.1) is 0 Å². The van der Waals surface area contributed by atoms with Crippen molar-refractivity contribution in [2.75, 3.05) is 30.3 Å². The molecule has 0 aromatic heterocycles. The monoisotopic (exact) mass is 308 g/mol. The summed E-state index contributed by atoms with van der Waals surface area (Å²) < 4.78 is 24.3. The number of hydrogen-bond acceptors (Lipinski definition) is 5. The molecular weight excluding hydrogens is 292 g/mol. The molecule has 2 aliphatic heterocycles. The van der Waals surface area contributed by atoms with Crippen LogP contribution < -0.4 is 5.32 Å². The van der Waals surface area contributed by atoms with Crippen molar-refractivity contribution in [2.45, 2.75) is 18.4 Å². The van der Waals surface area contributed by atoms with Gasteiger partial charge in [0.1, 0.15) is 5.54 Å². The highest BCUT2D eigenvalue weighted by molar-refractivity contribution is 7.99. The fraction of sp³-hybridized carbons (Fsp3) is 0.800. The third-order valence-electron chi connectivity index (χ3n) is 3.33. The molecule has 2 N–H and O–H groups in total. The van der Waals surface area contributed by atoms with Crippen LogP contribution in [0.15, 0.2) is 0 Å². The number of nitrogens with zero attached hydrogens (tertiary/aromatic N) is 1. The van der Waals surface area contributed by atoms with Gasteiger partial charge in [-0.05, 0) is 18.6 Å². The fourth-order valence-corrected chi connectivity index (χ4v) is 5.02. The van der Waals surface area contributed by atoms with Gasteiger partial charge in [0.15, 0.2) is 0 Å². The number of carboxylic acid groups (broad SMARTS) is 1. The van der Waals surface area contributed by atoms with Gasteiger partial charge in [-0.2, -0.15) is 16.1 Å². The number of amides is 1. The molecule has 1 atom stereocenters. The van der Waals surface area contributed by atoms with Gasteiger partial charge in [0.25, 0.3) is 0 Å². The van der Waals surface area contributed by atoms with Gasteiger partial charge < -0.3 is 10.4 Å². The first-order valence-corrected chi connectivity index (χ1v) is 8.72. The Morgan fingerprint density at radius 2 is 2.16 bits per heavy atom. The van der Waals surface area contributed by atoms with Gasteiger partial charge in [-0.25, -0.2) is 13.2 Å². The number of thioether (sulfide) groups is 1. The predicted molar refractivity (Wildman–Crippen MR) is 70.4 cm³/mol. The van der Waals surface area contributed by atoms with Gasteiger partial charge in [-0.3, -0.25) is 4.79 Å². The largest absolute Gasteiger partial charge is 0.479 e. The van der Waals surface area contributed by atoms with Crippen LogP contribution in [0.25, 0.3) is 0 Å². The molecule has 2 fully saturated rings. The highest BCUT2D eigenvalue weighted by Crippen LogP contribution is 2.28. The molecule has 0 saturated carbocycles. The van der Waals surface area contributed by atoms with Crippen molar-refractivity contribution in [1.29, 1.82) is 0 Å². The summed E-state index contributed by atoms with van der Waals surface area (Å²) in [6, 6.07) is 0. The number of aliphatic carboxylic acids is 1. The van der Waals surface area contributed by atoms with Crippen LogP contribution in [-0.2, 0) is 19.6 Å². The van der Waals surface area contributed by atoms with Crippen molar-refractivity contribution < 1.29 is 23.1 Å². The molecule has 0 bridgehead atoms. The molecule has 0 aromatic rings. The third kappa shape index (κ3) is 3.03. The molecule has 2 saturated heterocycles. The second-order valence-corrected chi connectivity index (χ2v) is 7.93. The van der Waals surface area contributed by atoms with Crippen molar-refractivity contribution in [2.24, 2.45) is 0 Å². The van der Waals surface area contributed by atoms with Gasteiger partial charge >= 0.3 is 5.97 Å². The molecule has 2 aliphatic rings. The quantitative estimate of drug-likeness (QED) is 0.697. The van der Waals surface area contributed by atoms with Crippen molar-refractivity contribution in [3.63, 3.8) is 0 Å². The Bertz CT molecular complexity index is 484. The summed E-state index contributed by atoms with van der Waals surface area (Å²) in [6.45, 7) is 0.0343. The fourth-order valence-electron chi connectivity index (χ4n) is 2.22. The van der Waals surface area contributed by atoms with E-state index in [1.165, 1.54) is 11.8 Å². The Morgan fingerprint density at radius 3 is 2.63 bits per heavy atom. The molecule has 19 heavy (non-hydrogen) atoms. The molecule has 0 spiro atoms. The van der Waals surface area contributed by atoms with Gasteiger partial charge in [0.2, 0.25) is 15.9 Å². The Morgan fingerprint density at radius 1 is 1.42 bits per heavy atom. The van der Waals surface area contributed by atoms with Gasteiger partial charge in [0, 0.05) is 12.3 Å². The summed E-state index contributed by atoms with van der Waals surface area (Å²) in [5.41, 5.74) is -1.24. The molecule has 0 radical (unpaired) electrons. The zero-order valence-corrected chi connectivity index (χ0v) is 11.9. The van der Waals surface area contributed by atoms with Crippen LogP contribution in [0.5, 0.6) is 0 Å². The van der Waals surface area contributed by atoms with Crippen LogP contribution in [0.1, 0.15) is 12.8 Å². The second-order valence-electron chi connectivity index (χ2n) is 4.74. The molecule has 0 aliphatic carbocycles. The molecular formula is C10H16N2O5S2. The zero-order valence-electron chi connectivity index (χ0n) is 10.3. The maximum Gasteiger partial charge on any atom is 0.330 e. The summed E-state index contributed by atoms with van der Waals surface area (Å²) in [4.78, 5) is 23.1. The van der Waals surface area contributed by atoms with Crippen LogP contribution in [0.4, 0.5) is 0 Å². The minimum absolute atomic E-state index is 0.0558. The lowest BCUT2D eigenvalue weighted by molar-refractivity contribution is -0.146. The highest BCUT2D eigenvalue weighted by Gasteiger charge is 2.43. The first-order valence-electron chi connectivity index (χ1n) is 5.96. The highest BCUT2D eigenvalue weighted by atomic mass is 32.2. The van der Waals surface area contributed by atoms with Crippen LogP contribution in [0.2, 0.25) is 0 Å². The topological polar surface area (TPSA) is 104 Å². The lowest BCUT2D eigenvalue weighted by atomic mass is 9.99. The normalized spacial score (nSPS) is 30.3. The first-order chi connectivity index (χ1) is 8.86. The number of carboxylic acids is 1. The molecule has 108 valence electrons. The summed E-state index contributed by atoms with van der Waals surface area (Å²) in [5.74, 6) is -0.555. The molecule has 7 nitrogen and oxygen atoms in total. The number of rotatable bonds is 4. The van der Waals surface area contributed by atoms with E-state index in [2.05, 4.69) is 5.32 Å². The minimum Gasteiger partial charge on any atom is -0.479 e. The van der Waals surface area contributed by atoms with Crippen LogP contribution >= 0.6 is 11.8 Å². The van der Waals surface area contributed by atoms with E-state index in [9.17, 15) is 23.1 Å². The van der Waals surface area contributed by atoms with Gasteiger partial charge in [-0.1, -0.05) is 0 Å². The average molecular weight is 308 g/mol. The number of sulfonamides is 1. The summed E-state index contributed by atoms with van der Waals surface area (Å²) >= 11 is 1.47. The number of nitrogens with one attached hydrogen (secondary N) is 1. The number of carbonyl (C=O) groups is 2. The maximum absolute atomic E-state index is 11.9.